The number of hydrogen-bond donors (Lipinski definition) is 2. The highest BCUT2D eigenvalue weighted by molar-refractivity contribution is 6.31. The van der Waals surface area contributed by atoms with Crippen LogP contribution in [0.25, 0.3) is 10.9 Å². The topological polar surface area (TPSA) is 79.8 Å². The van der Waals surface area contributed by atoms with E-state index in [9.17, 15) is 4.79 Å². The second-order valence-electron chi connectivity index (χ2n) is 6.23. The number of amides is 1. The molecule has 0 fully saturated rings. The quantitative estimate of drug-likeness (QED) is 0.514. The van der Waals surface area contributed by atoms with Crippen molar-refractivity contribution in [3.05, 3.63) is 83.1 Å². The number of fused-ring (bicyclic) bond motifs is 1. The first-order chi connectivity index (χ1) is 13.6. The van der Waals surface area contributed by atoms with Gasteiger partial charge in [0.05, 0.1) is 11.2 Å². The second-order valence-corrected chi connectivity index (χ2v) is 6.63. The van der Waals surface area contributed by atoms with Crippen molar-refractivity contribution in [1.82, 2.24) is 15.2 Å². The molecule has 0 aliphatic rings. The Hall–Kier alpha value is -3.51. The molecule has 0 radical (unpaired) electrons. The largest absolute Gasteiger partial charge is 0.337 e. The maximum Gasteiger partial charge on any atom is 0.276 e. The van der Waals surface area contributed by atoms with E-state index in [0.29, 0.717) is 16.5 Å². The zero-order valence-electron chi connectivity index (χ0n) is 15.0. The molecule has 0 bridgehead atoms. The van der Waals surface area contributed by atoms with Gasteiger partial charge in [-0.3, -0.25) is 9.78 Å². The van der Waals surface area contributed by atoms with Crippen LogP contribution in [-0.2, 0) is 0 Å². The molecular formula is C21H16ClN5O. The number of pyridine rings is 1. The number of aryl methyl sites for hydroxylation is 1. The average molecular weight is 390 g/mol. The molecule has 0 spiro atoms. The molecule has 2 heterocycles. The van der Waals surface area contributed by atoms with E-state index in [2.05, 4.69) is 25.8 Å². The predicted octanol–water partition coefficient (Wildman–Crippen LogP) is 4.98. The fourth-order valence-electron chi connectivity index (χ4n) is 2.73. The number of halogens is 1. The summed E-state index contributed by atoms with van der Waals surface area (Å²) in [5, 5.41) is 15.7. The highest BCUT2D eigenvalue weighted by atomic mass is 35.5. The smallest absolute Gasteiger partial charge is 0.276 e. The van der Waals surface area contributed by atoms with E-state index < -0.39 is 0 Å². The van der Waals surface area contributed by atoms with Crippen molar-refractivity contribution in [3.8, 4) is 0 Å². The van der Waals surface area contributed by atoms with E-state index in [-0.39, 0.29) is 11.6 Å². The van der Waals surface area contributed by atoms with Crippen LogP contribution in [0.5, 0.6) is 0 Å². The van der Waals surface area contributed by atoms with Crippen molar-refractivity contribution in [2.24, 2.45) is 0 Å². The Morgan fingerprint density at radius 2 is 1.86 bits per heavy atom. The molecule has 4 rings (SSSR count). The van der Waals surface area contributed by atoms with Gasteiger partial charge in [0.1, 0.15) is 0 Å². The molecule has 0 saturated heterocycles. The van der Waals surface area contributed by atoms with Crippen molar-refractivity contribution < 1.29 is 4.79 Å². The molecule has 0 saturated carbocycles. The van der Waals surface area contributed by atoms with Crippen molar-refractivity contribution in [3.63, 3.8) is 0 Å². The van der Waals surface area contributed by atoms with Crippen LogP contribution in [0.4, 0.5) is 17.2 Å². The third-order valence-electron chi connectivity index (χ3n) is 4.22. The minimum atomic E-state index is -0.356. The molecule has 0 aliphatic carbocycles. The number of anilines is 3. The molecule has 138 valence electrons. The molecule has 4 aromatic rings. The number of nitrogens with one attached hydrogen (secondary N) is 2. The first kappa shape index (κ1) is 17.9. The number of carbonyl (C=O) groups excluding carboxylic acids is 1. The first-order valence-corrected chi connectivity index (χ1v) is 9.00. The zero-order chi connectivity index (χ0) is 19.5. The third kappa shape index (κ3) is 3.77. The molecular weight excluding hydrogens is 374 g/mol. The van der Waals surface area contributed by atoms with Crippen molar-refractivity contribution >= 4 is 45.6 Å². The number of nitrogens with zero attached hydrogens (tertiary/aromatic N) is 3. The van der Waals surface area contributed by atoms with E-state index in [4.69, 9.17) is 11.6 Å². The molecule has 0 aliphatic heterocycles. The molecule has 0 atom stereocenters. The Bertz CT molecular complexity index is 1160. The van der Waals surface area contributed by atoms with Crippen LogP contribution in [-0.4, -0.2) is 21.1 Å². The predicted molar refractivity (Wildman–Crippen MR) is 111 cm³/mol. The highest BCUT2D eigenvalue weighted by Gasteiger charge is 2.10. The summed E-state index contributed by atoms with van der Waals surface area (Å²) in [7, 11) is 0. The minimum absolute atomic E-state index is 0.207. The van der Waals surface area contributed by atoms with Gasteiger partial charge in [-0.25, -0.2) is 0 Å². The van der Waals surface area contributed by atoms with Gasteiger partial charge in [0.2, 0.25) is 0 Å². The fraction of sp³-hybridized carbons (Fsp3) is 0.0476. The van der Waals surface area contributed by atoms with Crippen LogP contribution in [0.2, 0.25) is 5.02 Å². The minimum Gasteiger partial charge on any atom is -0.337 e. The number of hydrogen-bond acceptors (Lipinski definition) is 5. The van der Waals surface area contributed by atoms with E-state index in [1.165, 1.54) is 0 Å². The number of benzene rings is 2. The summed E-state index contributed by atoms with van der Waals surface area (Å²) in [6, 6.07) is 18.4. The molecule has 6 nitrogen and oxygen atoms in total. The summed E-state index contributed by atoms with van der Waals surface area (Å²) in [5.41, 5.74) is 3.41. The van der Waals surface area contributed by atoms with Gasteiger partial charge in [0.25, 0.3) is 5.91 Å². The Morgan fingerprint density at radius 3 is 2.64 bits per heavy atom. The van der Waals surface area contributed by atoms with Gasteiger partial charge in [-0.2, -0.15) is 0 Å². The van der Waals surface area contributed by atoms with Gasteiger partial charge in [-0.15, -0.1) is 10.2 Å². The third-order valence-corrected chi connectivity index (χ3v) is 4.63. The van der Waals surface area contributed by atoms with E-state index in [0.717, 1.165) is 22.2 Å². The van der Waals surface area contributed by atoms with Crippen LogP contribution < -0.4 is 10.6 Å². The molecule has 2 aromatic carbocycles. The van der Waals surface area contributed by atoms with Gasteiger partial charge in [0, 0.05) is 22.3 Å². The first-order valence-electron chi connectivity index (χ1n) is 8.62. The van der Waals surface area contributed by atoms with Crippen molar-refractivity contribution in [2.75, 3.05) is 10.6 Å². The molecule has 28 heavy (non-hydrogen) atoms. The van der Waals surface area contributed by atoms with Crippen molar-refractivity contribution in [1.29, 1.82) is 0 Å². The second kappa shape index (κ2) is 7.62. The number of rotatable bonds is 4. The van der Waals surface area contributed by atoms with Crippen LogP contribution in [0.1, 0.15) is 16.1 Å². The molecule has 0 unspecified atom stereocenters. The Balaban J connectivity index is 1.50. The average Bonchev–Trinajstić information content (AvgIpc) is 2.71. The summed E-state index contributed by atoms with van der Waals surface area (Å²) >= 11 is 6.09. The SMILES string of the molecule is Cc1ccc(NC(=O)c2ccc(Nc3cccc4cccnc34)nn2)cc1Cl. The van der Waals surface area contributed by atoms with Gasteiger partial charge >= 0.3 is 0 Å². The Labute approximate surface area is 166 Å². The van der Waals surface area contributed by atoms with Crippen LogP contribution in [0.15, 0.2) is 66.9 Å². The van der Waals surface area contributed by atoms with Gasteiger partial charge in [-0.1, -0.05) is 35.9 Å². The van der Waals surface area contributed by atoms with Crippen molar-refractivity contribution in [2.45, 2.75) is 6.92 Å². The normalized spacial score (nSPS) is 10.6. The molecule has 7 heteroatoms. The summed E-state index contributed by atoms with van der Waals surface area (Å²) in [6.07, 6.45) is 1.74. The summed E-state index contributed by atoms with van der Waals surface area (Å²) < 4.78 is 0. The maximum absolute atomic E-state index is 12.4. The molecule has 1 amide bonds. The number of aromatic nitrogens is 3. The fourth-order valence-corrected chi connectivity index (χ4v) is 2.91. The summed E-state index contributed by atoms with van der Waals surface area (Å²) in [4.78, 5) is 16.8. The molecule has 2 N–H and O–H groups in total. The number of para-hydroxylation sites is 1. The van der Waals surface area contributed by atoms with E-state index >= 15 is 0 Å². The van der Waals surface area contributed by atoms with Crippen LogP contribution >= 0.6 is 11.6 Å². The van der Waals surface area contributed by atoms with E-state index in [1.807, 2.05) is 43.3 Å². The lowest BCUT2D eigenvalue weighted by Gasteiger charge is -2.09. The lowest BCUT2D eigenvalue weighted by molar-refractivity contribution is 0.102. The lowest BCUT2D eigenvalue weighted by atomic mass is 10.2. The summed E-state index contributed by atoms with van der Waals surface area (Å²) in [6.45, 7) is 1.90. The lowest BCUT2D eigenvalue weighted by Crippen LogP contribution is -2.14. The van der Waals surface area contributed by atoms with Crippen LogP contribution in [0.3, 0.4) is 0 Å². The number of carbonyl (C=O) groups is 1. The van der Waals surface area contributed by atoms with Gasteiger partial charge in [0.15, 0.2) is 11.5 Å². The maximum atomic E-state index is 12.4. The zero-order valence-corrected chi connectivity index (χ0v) is 15.7. The Morgan fingerprint density at radius 1 is 1.00 bits per heavy atom. The van der Waals surface area contributed by atoms with E-state index in [1.54, 1.807) is 30.5 Å². The highest BCUT2D eigenvalue weighted by Crippen LogP contribution is 2.24. The van der Waals surface area contributed by atoms with Gasteiger partial charge in [-0.05, 0) is 48.9 Å². The molecule has 2 aromatic heterocycles. The summed E-state index contributed by atoms with van der Waals surface area (Å²) in [5.74, 6) is 0.166. The monoisotopic (exact) mass is 389 g/mol. The van der Waals surface area contributed by atoms with Crippen LogP contribution in [0, 0.1) is 6.92 Å². The Kier molecular flexibility index (Phi) is 4.87. The standard InChI is InChI=1S/C21H16ClN5O/c1-13-7-8-15(12-16(13)22)24-21(28)18-9-10-19(27-26-18)25-17-6-2-4-14-5-3-11-23-20(14)17/h2-12H,1H3,(H,24,28)(H,25,27). The van der Waals surface area contributed by atoms with Gasteiger partial charge < -0.3 is 10.6 Å².